The molecule has 53 heavy (non-hydrogen) atoms. The maximum Gasteiger partial charge on any atom is 0.420 e. The third-order valence-corrected chi connectivity index (χ3v) is 9.39. The van der Waals surface area contributed by atoms with Gasteiger partial charge in [-0.05, 0) is 57.2 Å². The number of hydrogen-bond acceptors (Lipinski definition) is 15. The summed E-state index contributed by atoms with van der Waals surface area (Å²) in [5.41, 5.74) is -0.659. The minimum Gasteiger partial charge on any atom is -0.467 e. The summed E-state index contributed by atoms with van der Waals surface area (Å²) in [7, 11) is -4.27. The molecule has 0 bridgehead atoms. The molecule has 0 unspecified atom stereocenters. The molecule has 20 heteroatoms. The number of aliphatic hydroxyl groups is 1. The normalized spacial score (nSPS) is 18.2. The van der Waals surface area contributed by atoms with E-state index < -0.39 is 63.1 Å². The Labute approximate surface area is 314 Å². The van der Waals surface area contributed by atoms with Crippen LogP contribution >= 0.6 is 23.2 Å². The van der Waals surface area contributed by atoms with E-state index in [1.54, 1.807) is 51.1 Å². The van der Waals surface area contributed by atoms with Crippen molar-refractivity contribution in [2.75, 3.05) is 45.1 Å². The van der Waals surface area contributed by atoms with Gasteiger partial charge in [0.2, 0.25) is 22.6 Å². The predicted molar refractivity (Wildman–Crippen MR) is 185 cm³/mol. The minimum absolute atomic E-state index is 0.0813. The van der Waals surface area contributed by atoms with Crippen molar-refractivity contribution in [3.05, 3.63) is 81.7 Å². The first-order valence-corrected chi connectivity index (χ1v) is 18.0. The summed E-state index contributed by atoms with van der Waals surface area (Å²) in [4.78, 5) is 50.8. The third kappa shape index (κ3) is 10.6. The molecule has 1 fully saturated rings. The van der Waals surface area contributed by atoms with Crippen LogP contribution in [0.4, 0.5) is 10.5 Å². The molecule has 17 nitrogen and oxygen atoms in total. The molecule has 2 aromatic carbocycles. The number of benzene rings is 2. The molecule has 1 saturated heterocycles. The van der Waals surface area contributed by atoms with Crippen LogP contribution in [0.15, 0.2) is 64.1 Å². The first-order chi connectivity index (χ1) is 24.9. The molecule has 1 amide bonds. The van der Waals surface area contributed by atoms with Crippen molar-refractivity contribution in [2.45, 2.75) is 49.6 Å². The Morgan fingerprint density at radius 2 is 1.68 bits per heavy atom. The van der Waals surface area contributed by atoms with Crippen LogP contribution in [0.5, 0.6) is 0 Å². The molecule has 3 aromatic rings. The number of sulfonamides is 1. The van der Waals surface area contributed by atoms with Crippen molar-refractivity contribution in [1.29, 1.82) is 0 Å². The molecule has 1 aliphatic rings. The highest BCUT2D eigenvalue weighted by molar-refractivity contribution is 7.89. The average Bonchev–Trinajstić information content (AvgIpc) is 3.62. The van der Waals surface area contributed by atoms with Gasteiger partial charge in [0.15, 0.2) is 0 Å². The number of nitrogens with two attached hydrogens (primary N) is 1. The Kier molecular flexibility index (Phi) is 13.7. The lowest BCUT2D eigenvalue weighted by molar-refractivity contribution is -0.295. The SMILES string of the molecule is C[C@@H]1N(C(=O)OCOC(=O)C(=O)OCCOCCOC(=O)c2cc(S(N)(=O)=O)c(Cl)cc2NCc2ccco2)C(C)(C)CO[C@@]1(O)c1cccc(Cl)c1. The van der Waals surface area contributed by atoms with Crippen molar-refractivity contribution in [1.82, 2.24) is 4.90 Å². The molecule has 0 saturated carbocycles. The standard InChI is InChI=1S/C33H37Cl2N3O14S/c1-20-33(43,21-6-4-7-22(34)14-21)52-18-32(2,3)38(20)31(42)51-19-50-30(41)29(40)49-13-11-46-10-12-48-28(39)24-15-27(53(36,44)45)25(35)16-26(24)37-17-23-8-5-9-47-23/h4-9,14-16,20,37,43H,10-13,17-19H2,1-3H3,(H2,36,44,45)/t20-,33+/m0/s1. The number of amides is 1. The molecule has 2 atom stereocenters. The van der Waals surface area contributed by atoms with Gasteiger partial charge in [0.05, 0.1) is 60.5 Å². The average molecular weight is 803 g/mol. The highest BCUT2D eigenvalue weighted by atomic mass is 35.5. The summed E-state index contributed by atoms with van der Waals surface area (Å²) in [6, 6.07) is 10.9. The monoisotopic (exact) mass is 801 g/mol. The van der Waals surface area contributed by atoms with Gasteiger partial charge < -0.3 is 43.3 Å². The Morgan fingerprint density at radius 1 is 0.981 bits per heavy atom. The Hall–Kier alpha value is -4.43. The van der Waals surface area contributed by atoms with E-state index in [2.05, 4.69) is 5.32 Å². The number of hydrogen-bond donors (Lipinski definition) is 3. The van der Waals surface area contributed by atoms with Crippen LogP contribution in [0.3, 0.4) is 0 Å². The summed E-state index contributed by atoms with van der Waals surface area (Å²) in [5.74, 6) is -5.17. The number of morpholine rings is 1. The van der Waals surface area contributed by atoms with Crippen LogP contribution in [-0.4, -0.2) is 93.8 Å². The topological polar surface area (TPSA) is 232 Å². The molecule has 4 N–H and O–H groups in total. The number of primary sulfonamides is 1. The van der Waals surface area contributed by atoms with Crippen LogP contribution in [0.2, 0.25) is 10.0 Å². The zero-order valence-electron chi connectivity index (χ0n) is 28.7. The van der Waals surface area contributed by atoms with Crippen LogP contribution in [0.1, 0.15) is 42.5 Å². The lowest BCUT2D eigenvalue weighted by Crippen LogP contribution is -2.66. The van der Waals surface area contributed by atoms with Gasteiger partial charge in [-0.25, -0.2) is 32.7 Å². The molecule has 288 valence electrons. The zero-order chi connectivity index (χ0) is 39.0. The van der Waals surface area contributed by atoms with Crippen molar-refractivity contribution in [3.63, 3.8) is 0 Å². The molecule has 2 heterocycles. The van der Waals surface area contributed by atoms with Gasteiger partial charge in [0.1, 0.15) is 23.9 Å². The molecular formula is C33H37Cl2N3O14S. The molecule has 0 radical (unpaired) electrons. The number of rotatable bonds is 14. The van der Waals surface area contributed by atoms with E-state index >= 15 is 0 Å². The smallest absolute Gasteiger partial charge is 0.420 e. The Morgan fingerprint density at radius 3 is 2.34 bits per heavy atom. The summed E-state index contributed by atoms with van der Waals surface area (Å²) in [5, 5.41) is 19.6. The van der Waals surface area contributed by atoms with E-state index in [-0.39, 0.29) is 55.9 Å². The molecule has 1 aromatic heterocycles. The number of carbonyl (C=O) groups excluding carboxylic acids is 4. The maximum atomic E-state index is 13.1. The van der Waals surface area contributed by atoms with Gasteiger partial charge >= 0.3 is 24.0 Å². The molecule has 1 aliphatic heterocycles. The van der Waals surface area contributed by atoms with E-state index in [4.69, 9.17) is 61.2 Å². The van der Waals surface area contributed by atoms with E-state index in [0.29, 0.717) is 16.3 Å². The lowest BCUT2D eigenvalue weighted by atomic mass is 9.90. The fourth-order valence-corrected chi connectivity index (χ4v) is 6.48. The molecule has 0 aliphatic carbocycles. The highest BCUT2D eigenvalue weighted by Gasteiger charge is 2.53. The second-order valence-electron chi connectivity index (χ2n) is 12.0. The number of ether oxygens (including phenoxy) is 6. The van der Waals surface area contributed by atoms with Crippen LogP contribution in [0.25, 0.3) is 0 Å². The first-order valence-electron chi connectivity index (χ1n) is 15.7. The number of carbonyl (C=O) groups is 4. The number of furan rings is 1. The second kappa shape index (κ2) is 17.6. The maximum absolute atomic E-state index is 13.1. The van der Waals surface area contributed by atoms with E-state index in [1.807, 2.05) is 0 Å². The first kappa shape index (κ1) is 41.3. The van der Waals surface area contributed by atoms with Crippen molar-refractivity contribution in [2.24, 2.45) is 5.14 Å². The van der Waals surface area contributed by atoms with Crippen molar-refractivity contribution >= 4 is 62.9 Å². The predicted octanol–water partition coefficient (Wildman–Crippen LogP) is 3.54. The minimum atomic E-state index is -4.27. The molecular weight excluding hydrogens is 765 g/mol. The van der Waals surface area contributed by atoms with Gasteiger partial charge in [-0.2, -0.15) is 0 Å². The van der Waals surface area contributed by atoms with Gasteiger partial charge in [-0.1, -0.05) is 35.3 Å². The van der Waals surface area contributed by atoms with Gasteiger partial charge in [-0.15, -0.1) is 0 Å². The Balaban J connectivity index is 1.18. The fraction of sp³-hybridized carbons (Fsp3) is 0.394. The van der Waals surface area contributed by atoms with E-state index in [0.717, 1.165) is 6.07 Å². The zero-order valence-corrected chi connectivity index (χ0v) is 31.0. The molecule has 4 rings (SSSR count). The number of halogens is 2. The number of nitrogens with one attached hydrogen (secondary N) is 1. The summed E-state index contributed by atoms with van der Waals surface area (Å²) in [6.07, 6.45) is 0.499. The van der Waals surface area contributed by atoms with Crippen LogP contribution < -0.4 is 10.5 Å². The number of nitrogens with zero attached hydrogens (tertiary/aromatic N) is 1. The summed E-state index contributed by atoms with van der Waals surface area (Å²) < 4.78 is 59.9. The second-order valence-corrected chi connectivity index (χ2v) is 14.4. The van der Waals surface area contributed by atoms with Gasteiger partial charge in [0, 0.05) is 10.6 Å². The highest BCUT2D eigenvalue weighted by Crippen LogP contribution is 2.40. The lowest BCUT2D eigenvalue weighted by Gasteiger charge is -2.52. The van der Waals surface area contributed by atoms with Crippen LogP contribution in [-0.2, 0) is 60.4 Å². The number of anilines is 1. The summed E-state index contributed by atoms with van der Waals surface area (Å²) >= 11 is 12.2. The Bertz CT molecular complexity index is 1910. The van der Waals surface area contributed by atoms with Gasteiger partial charge in [-0.3, -0.25) is 4.90 Å². The van der Waals surface area contributed by atoms with E-state index in [9.17, 15) is 32.7 Å². The quantitative estimate of drug-likeness (QED) is 0.0696. The fourth-order valence-electron chi connectivity index (χ4n) is 5.19. The summed E-state index contributed by atoms with van der Waals surface area (Å²) in [6.45, 7) is 2.97. The van der Waals surface area contributed by atoms with Gasteiger partial charge in [0.25, 0.3) is 0 Å². The van der Waals surface area contributed by atoms with Crippen LogP contribution in [0, 0.1) is 0 Å². The third-order valence-electron chi connectivity index (χ3n) is 7.78. The number of esters is 3. The van der Waals surface area contributed by atoms with Crippen molar-refractivity contribution in [3.8, 4) is 0 Å². The largest absolute Gasteiger partial charge is 0.467 e. The van der Waals surface area contributed by atoms with E-state index in [1.165, 1.54) is 23.3 Å². The van der Waals surface area contributed by atoms with Crippen molar-refractivity contribution < 1.29 is 65.5 Å². The molecule has 0 spiro atoms.